The standard InChI is InChI=1S/C13H17F4NO/c1-8(5-6-19-2)12(18)10-7-9(14)3-4-11(10)13(15,16)17/h3-4,7-8,12H,5-6,18H2,1-2H3. The molecule has 6 heteroatoms. The number of ether oxygens (including phenoxy) is 1. The van der Waals surface area contributed by atoms with Crippen molar-refractivity contribution >= 4 is 0 Å². The molecular formula is C13H17F4NO. The average molecular weight is 279 g/mol. The number of benzene rings is 1. The van der Waals surface area contributed by atoms with Crippen LogP contribution < -0.4 is 5.73 Å². The van der Waals surface area contributed by atoms with Crippen molar-refractivity contribution in [3.63, 3.8) is 0 Å². The minimum atomic E-state index is -4.54. The van der Waals surface area contributed by atoms with E-state index in [1.807, 2.05) is 0 Å². The highest BCUT2D eigenvalue weighted by Gasteiger charge is 2.35. The van der Waals surface area contributed by atoms with Gasteiger partial charge in [-0.05, 0) is 36.1 Å². The van der Waals surface area contributed by atoms with Gasteiger partial charge < -0.3 is 10.5 Å². The second-order valence-electron chi connectivity index (χ2n) is 4.51. The number of rotatable bonds is 5. The van der Waals surface area contributed by atoms with Gasteiger partial charge in [-0.2, -0.15) is 13.2 Å². The van der Waals surface area contributed by atoms with Crippen molar-refractivity contribution in [1.29, 1.82) is 0 Å². The van der Waals surface area contributed by atoms with Crippen LogP contribution in [0.15, 0.2) is 18.2 Å². The molecular weight excluding hydrogens is 262 g/mol. The summed E-state index contributed by atoms with van der Waals surface area (Å²) in [6.07, 6.45) is -4.03. The lowest BCUT2D eigenvalue weighted by Crippen LogP contribution is -2.24. The Kier molecular flexibility index (Phi) is 5.31. The molecule has 1 aromatic carbocycles. The summed E-state index contributed by atoms with van der Waals surface area (Å²) in [5.41, 5.74) is 4.73. The molecule has 0 aromatic heterocycles. The lowest BCUT2D eigenvalue weighted by atomic mass is 9.89. The Morgan fingerprint density at radius 1 is 1.32 bits per heavy atom. The fourth-order valence-corrected chi connectivity index (χ4v) is 1.86. The van der Waals surface area contributed by atoms with Crippen molar-refractivity contribution in [2.24, 2.45) is 11.7 Å². The van der Waals surface area contributed by atoms with E-state index in [0.717, 1.165) is 18.2 Å². The van der Waals surface area contributed by atoms with Crippen LogP contribution in [-0.2, 0) is 10.9 Å². The van der Waals surface area contributed by atoms with Crippen molar-refractivity contribution in [3.8, 4) is 0 Å². The van der Waals surface area contributed by atoms with Crippen molar-refractivity contribution < 1.29 is 22.3 Å². The summed E-state index contributed by atoms with van der Waals surface area (Å²) in [4.78, 5) is 0. The molecule has 0 bridgehead atoms. The quantitative estimate of drug-likeness (QED) is 0.837. The van der Waals surface area contributed by atoms with Crippen LogP contribution in [0.4, 0.5) is 17.6 Å². The van der Waals surface area contributed by atoms with Gasteiger partial charge in [0, 0.05) is 19.8 Å². The average Bonchev–Trinajstić information content (AvgIpc) is 2.33. The van der Waals surface area contributed by atoms with E-state index in [1.165, 1.54) is 7.11 Å². The van der Waals surface area contributed by atoms with Gasteiger partial charge in [0.1, 0.15) is 5.82 Å². The van der Waals surface area contributed by atoms with Crippen molar-refractivity contribution in [2.45, 2.75) is 25.6 Å². The van der Waals surface area contributed by atoms with Crippen LogP contribution in [0.25, 0.3) is 0 Å². The first-order chi connectivity index (χ1) is 8.77. The molecule has 0 aliphatic rings. The molecule has 0 amide bonds. The third-order valence-corrected chi connectivity index (χ3v) is 3.07. The van der Waals surface area contributed by atoms with Crippen LogP contribution in [0.3, 0.4) is 0 Å². The van der Waals surface area contributed by atoms with E-state index >= 15 is 0 Å². The maximum absolute atomic E-state index is 13.2. The number of halogens is 4. The van der Waals surface area contributed by atoms with E-state index in [2.05, 4.69) is 0 Å². The molecule has 0 radical (unpaired) electrons. The molecule has 2 N–H and O–H groups in total. The Bertz CT molecular complexity index is 420. The molecule has 0 spiro atoms. The van der Waals surface area contributed by atoms with E-state index in [-0.39, 0.29) is 11.5 Å². The van der Waals surface area contributed by atoms with E-state index in [4.69, 9.17) is 10.5 Å². The second kappa shape index (κ2) is 6.34. The highest BCUT2D eigenvalue weighted by Crippen LogP contribution is 2.36. The minimum absolute atomic E-state index is 0.212. The van der Waals surface area contributed by atoms with Crippen LogP contribution in [-0.4, -0.2) is 13.7 Å². The molecule has 1 rings (SSSR count). The largest absolute Gasteiger partial charge is 0.416 e. The predicted octanol–water partition coefficient (Wildman–Crippen LogP) is 3.52. The molecule has 0 fully saturated rings. The predicted molar refractivity (Wildman–Crippen MR) is 64.0 cm³/mol. The highest BCUT2D eigenvalue weighted by atomic mass is 19.4. The molecule has 0 saturated carbocycles. The minimum Gasteiger partial charge on any atom is -0.385 e. The molecule has 2 unspecified atom stereocenters. The van der Waals surface area contributed by atoms with Gasteiger partial charge >= 0.3 is 6.18 Å². The molecule has 108 valence electrons. The maximum Gasteiger partial charge on any atom is 0.416 e. The zero-order valence-corrected chi connectivity index (χ0v) is 10.8. The summed E-state index contributed by atoms with van der Waals surface area (Å²) in [7, 11) is 1.50. The Labute approximate surface area is 109 Å². The first kappa shape index (κ1) is 15.9. The van der Waals surface area contributed by atoms with Crippen molar-refractivity contribution in [3.05, 3.63) is 35.1 Å². The molecule has 0 saturated heterocycles. The lowest BCUT2D eigenvalue weighted by molar-refractivity contribution is -0.138. The summed E-state index contributed by atoms with van der Waals surface area (Å²) in [5.74, 6) is -0.972. The van der Waals surface area contributed by atoms with Gasteiger partial charge in [0.15, 0.2) is 0 Å². The number of methoxy groups -OCH3 is 1. The molecule has 2 atom stereocenters. The van der Waals surface area contributed by atoms with Crippen LogP contribution >= 0.6 is 0 Å². The van der Waals surface area contributed by atoms with Gasteiger partial charge in [0.25, 0.3) is 0 Å². The van der Waals surface area contributed by atoms with Crippen molar-refractivity contribution in [1.82, 2.24) is 0 Å². The van der Waals surface area contributed by atoms with Gasteiger partial charge in [0.05, 0.1) is 5.56 Å². The normalized spacial score (nSPS) is 15.3. The van der Waals surface area contributed by atoms with Gasteiger partial charge in [-0.1, -0.05) is 6.92 Å². The fraction of sp³-hybridized carbons (Fsp3) is 0.538. The summed E-state index contributed by atoms with van der Waals surface area (Å²) >= 11 is 0. The molecule has 0 aliphatic carbocycles. The smallest absolute Gasteiger partial charge is 0.385 e. The van der Waals surface area contributed by atoms with Crippen LogP contribution in [0.2, 0.25) is 0 Å². The number of hydrogen-bond donors (Lipinski definition) is 1. The van der Waals surface area contributed by atoms with Gasteiger partial charge in [-0.15, -0.1) is 0 Å². The van der Waals surface area contributed by atoms with Gasteiger partial charge in [-0.25, -0.2) is 4.39 Å². The molecule has 1 aromatic rings. The highest BCUT2D eigenvalue weighted by molar-refractivity contribution is 5.33. The molecule has 0 aliphatic heterocycles. The Morgan fingerprint density at radius 2 is 1.95 bits per heavy atom. The van der Waals surface area contributed by atoms with Crippen molar-refractivity contribution in [2.75, 3.05) is 13.7 Å². The third kappa shape index (κ3) is 4.18. The van der Waals surface area contributed by atoms with Crippen LogP contribution in [0.5, 0.6) is 0 Å². The van der Waals surface area contributed by atoms with Gasteiger partial charge in [-0.3, -0.25) is 0 Å². The number of hydrogen-bond acceptors (Lipinski definition) is 2. The molecule has 0 heterocycles. The first-order valence-corrected chi connectivity index (χ1v) is 5.88. The fourth-order valence-electron chi connectivity index (χ4n) is 1.86. The monoisotopic (exact) mass is 279 g/mol. The Balaban J connectivity index is 3.07. The number of alkyl halides is 3. The summed E-state index contributed by atoms with van der Waals surface area (Å²) < 4.78 is 56.6. The first-order valence-electron chi connectivity index (χ1n) is 5.88. The lowest BCUT2D eigenvalue weighted by Gasteiger charge is -2.23. The van der Waals surface area contributed by atoms with Crippen LogP contribution in [0.1, 0.15) is 30.5 Å². The molecule has 19 heavy (non-hydrogen) atoms. The van der Waals surface area contributed by atoms with Crippen LogP contribution in [0, 0.1) is 11.7 Å². The summed E-state index contributed by atoms with van der Waals surface area (Å²) in [5, 5.41) is 0. The van der Waals surface area contributed by atoms with E-state index in [0.29, 0.717) is 13.0 Å². The second-order valence-corrected chi connectivity index (χ2v) is 4.51. The third-order valence-electron chi connectivity index (χ3n) is 3.07. The summed E-state index contributed by atoms with van der Waals surface area (Å²) in [6.45, 7) is 2.11. The maximum atomic E-state index is 13.2. The molecule has 2 nitrogen and oxygen atoms in total. The SMILES string of the molecule is COCCC(C)C(N)c1cc(F)ccc1C(F)(F)F. The zero-order chi connectivity index (χ0) is 14.6. The topological polar surface area (TPSA) is 35.2 Å². The van der Waals surface area contributed by atoms with E-state index in [1.54, 1.807) is 6.92 Å². The Morgan fingerprint density at radius 3 is 2.47 bits per heavy atom. The van der Waals surface area contributed by atoms with E-state index in [9.17, 15) is 17.6 Å². The van der Waals surface area contributed by atoms with Gasteiger partial charge in [0.2, 0.25) is 0 Å². The van der Waals surface area contributed by atoms with E-state index < -0.39 is 23.6 Å². The number of nitrogens with two attached hydrogens (primary N) is 1. The zero-order valence-electron chi connectivity index (χ0n) is 10.8. The Hall–Kier alpha value is -1.14. The summed E-state index contributed by atoms with van der Waals surface area (Å²) in [6, 6.07) is 1.49.